The summed E-state index contributed by atoms with van der Waals surface area (Å²) < 4.78 is 0. The number of Topliss-reactive ketones (excluding diaryl/α,β-unsaturated/α-hetero) is 1. The average molecular weight is 319 g/mol. The molecule has 0 aliphatic heterocycles. The summed E-state index contributed by atoms with van der Waals surface area (Å²) in [6, 6.07) is 0. The van der Waals surface area contributed by atoms with Gasteiger partial charge in [0.25, 0.3) is 0 Å². The van der Waals surface area contributed by atoms with Gasteiger partial charge in [0.2, 0.25) is 0 Å². The first-order valence-electron chi connectivity index (χ1n) is 10.0. The normalized spacial score (nSPS) is 55.7. The summed E-state index contributed by atoms with van der Waals surface area (Å²) in [5.74, 6) is 4.92. The van der Waals surface area contributed by atoms with Gasteiger partial charge in [-0.1, -0.05) is 6.92 Å². The molecule has 0 aromatic heterocycles. The topological polar surface area (TPSA) is 37.3 Å². The minimum atomic E-state index is -0.412. The van der Waals surface area contributed by atoms with Crippen molar-refractivity contribution >= 4 is 5.78 Å². The lowest BCUT2D eigenvalue weighted by atomic mass is 9.49. The predicted molar refractivity (Wildman–Crippen MR) is 91.9 cm³/mol. The Morgan fingerprint density at radius 3 is 2.39 bits per heavy atom. The fourth-order valence-electron chi connectivity index (χ4n) is 7.75. The smallest absolute Gasteiger partial charge is 0.133 e. The second-order valence-corrected chi connectivity index (χ2v) is 9.96. The maximum atomic E-state index is 12.1. The fraction of sp³-hybridized carbons (Fsp3) is 0.952. The van der Waals surface area contributed by atoms with Crippen molar-refractivity contribution in [1.29, 1.82) is 0 Å². The van der Waals surface area contributed by atoms with Gasteiger partial charge in [0.05, 0.1) is 5.60 Å². The third-order valence-electron chi connectivity index (χ3n) is 8.73. The molecular formula is C21H34O2. The Labute approximate surface area is 141 Å². The van der Waals surface area contributed by atoms with Gasteiger partial charge >= 0.3 is 0 Å². The highest BCUT2D eigenvalue weighted by Gasteiger charge is 2.58. The Morgan fingerprint density at radius 2 is 1.65 bits per heavy atom. The van der Waals surface area contributed by atoms with E-state index >= 15 is 0 Å². The van der Waals surface area contributed by atoms with E-state index in [2.05, 4.69) is 6.92 Å². The summed E-state index contributed by atoms with van der Waals surface area (Å²) in [5.41, 5.74) is -0.121. The summed E-state index contributed by atoms with van der Waals surface area (Å²) in [6.07, 6.45) is 11.0. The molecule has 4 rings (SSSR count). The van der Waals surface area contributed by atoms with Gasteiger partial charge in [-0.05, 0) is 107 Å². The molecule has 2 nitrogen and oxygen atoms in total. The molecule has 1 unspecified atom stereocenters. The van der Waals surface area contributed by atoms with Crippen molar-refractivity contribution < 1.29 is 9.90 Å². The number of carbonyl (C=O) groups is 1. The monoisotopic (exact) mass is 318 g/mol. The number of aliphatic hydroxyl groups is 1. The molecule has 4 saturated carbocycles. The molecule has 4 aliphatic carbocycles. The van der Waals surface area contributed by atoms with Crippen molar-refractivity contribution in [2.24, 2.45) is 40.9 Å². The fourth-order valence-corrected chi connectivity index (χ4v) is 7.75. The molecule has 0 heterocycles. The van der Waals surface area contributed by atoms with Crippen LogP contribution < -0.4 is 0 Å². The van der Waals surface area contributed by atoms with E-state index in [-0.39, 0.29) is 0 Å². The number of hydrogen-bond donors (Lipinski definition) is 1. The van der Waals surface area contributed by atoms with Crippen molar-refractivity contribution in [2.45, 2.75) is 84.2 Å². The first kappa shape index (κ1) is 16.1. The highest BCUT2D eigenvalue weighted by Crippen LogP contribution is 2.64. The molecule has 0 aromatic carbocycles. The highest BCUT2D eigenvalue weighted by molar-refractivity contribution is 5.79. The third-order valence-corrected chi connectivity index (χ3v) is 8.73. The van der Waals surface area contributed by atoms with Gasteiger partial charge in [0.15, 0.2) is 0 Å². The van der Waals surface area contributed by atoms with E-state index in [0.717, 1.165) is 48.9 Å². The Morgan fingerprint density at radius 1 is 0.913 bits per heavy atom. The molecule has 0 spiro atoms. The van der Waals surface area contributed by atoms with Crippen LogP contribution in [-0.2, 0) is 4.79 Å². The summed E-state index contributed by atoms with van der Waals surface area (Å²) in [7, 11) is 0. The molecule has 0 bridgehead atoms. The van der Waals surface area contributed by atoms with Crippen LogP contribution in [0, 0.1) is 40.9 Å². The summed E-state index contributed by atoms with van der Waals surface area (Å²) in [5, 5.41) is 10.5. The Bertz CT molecular complexity index is 496. The molecule has 2 heteroatoms. The van der Waals surface area contributed by atoms with Gasteiger partial charge in [0, 0.05) is 5.92 Å². The van der Waals surface area contributed by atoms with E-state index in [4.69, 9.17) is 0 Å². The minimum Gasteiger partial charge on any atom is -0.390 e. The summed E-state index contributed by atoms with van der Waals surface area (Å²) >= 11 is 0. The van der Waals surface area contributed by atoms with Crippen molar-refractivity contribution in [1.82, 2.24) is 0 Å². The lowest BCUT2D eigenvalue weighted by Gasteiger charge is -2.56. The molecule has 0 aromatic rings. The van der Waals surface area contributed by atoms with Crippen LogP contribution in [0.25, 0.3) is 0 Å². The van der Waals surface area contributed by atoms with Crippen LogP contribution in [0.15, 0.2) is 0 Å². The van der Waals surface area contributed by atoms with Crippen LogP contribution in [0.5, 0.6) is 0 Å². The zero-order valence-corrected chi connectivity index (χ0v) is 15.2. The zero-order valence-electron chi connectivity index (χ0n) is 15.2. The van der Waals surface area contributed by atoms with E-state index < -0.39 is 5.60 Å². The lowest BCUT2D eigenvalue weighted by molar-refractivity contribution is -0.130. The van der Waals surface area contributed by atoms with Gasteiger partial charge in [-0.2, -0.15) is 0 Å². The largest absolute Gasteiger partial charge is 0.390 e. The number of fused-ring (bicyclic) bond motifs is 5. The maximum absolute atomic E-state index is 12.1. The van der Waals surface area contributed by atoms with Gasteiger partial charge < -0.3 is 5.11 Å². The second kappa shape index (κ2) is 5.31. The number of carbonyl (C=O) groups excluding carboxylic acids is 1. The molecule has 4 fully saturated rings. The maximum Gasteiger partial charge on any atom is 0.133 e. The van der Waals surface area contributed by atoms with Crippen molar-refractivity contribution in [3.8, 4) is 0 Å². The lowest BCUT2D eigenvalue weighted by Crippen LogP contribution is -2.50. The van der Waals surface area contributed by atoms with Crippen LogP contribution in [-0.4, -0.2) is 16.5 Å². The molecule has 4 aliphatic rings. The quantitative estimate of drug-likeness (QED) is 0.767. The van der Waals surface area contributed by atoms with Gasteiger partial charge in [-0.15, -0.1) is 0 Å². The number of hydrogen-bond acceptors (Lipinski definition) is 2. The Balaban J connectivity index is 1.56. The van der Waals surface area contributed by atoms with E-state index in [1.807, 2.05) is 13.8 Å². The highest BCUT2D eigenvalue weighted by atomic mass is 16.3. The standard InChI is InChI=1S/C21H34O2/c1-13(22)18-6-7-19-17-5-4-14-12-20(2,23)10-8-15(14)16(17)9-11-21(18,19)3/h14-19,23H,4-12H2,1-3H3/t14?,15-,16+,17+,18+,19-,20+,21+/m0/s1. The van der Waals surface area contributed by atoms with E-state index in [9.17, 15) is 9.90 Å². The van der Waals surface area contributed by atoms with Crippen LogP contribution in [0.1, 0.15) is 78.6 Å². The third kappa shape index (κ3) is 2.42. The van der Waals surface area contributed by atoms with Gasteiger partial charge in [-0.3, -0.25) is 4.79 Å². The van der Waals surface area contributed by atoms with Gasteiger partial charge in [0.1, 0.15) is 5.78 Å². The van der Waals surface area contributed by atoms with Crippen LogP contribution >= 0.6 is 0 Å². The molecule has 0 amide bonds. The summed E-state index contributed by atoms with van der Waals surface area (Å²) in [6.45, 7) is 6.30. The van der Waals surface area contributed by atoms with Crippen molar-refractivity contribution in [2.75, 3.05) is 0 Å². The molecule has 1 N–H and O–H groups in total. The molecule has 0 radical (unpaired) electrons. The molecular weight excluding hydrogens is 284 g/mol. The van der Waals surface area contributed by atoms with E-state index in [1.165, 1.54) is 38.5 Å². The first-order chi connectivity index (χ1) is 10.8. The van der Waals surface area contributed by atoms with Crippen molar-refractivity contribution in [3.05, 3.63) is 0 Å². The molecule has 8 atom stereocenters. The molecule has 130 valence electrons. The van der Waals surface area contributed by atoms with E-state index in [1.54, 1.807) is 0 Å². The van der Waals surface area contributed by atoms with Gasteiger partial charge in [-0.25, -0.2) is 0 Å². The zero-order chi connectivity index (χ0) is 16.4. The summed E-state index contributed by atoms with van der Waals surface area (Å²) in [4.78, 5) is 12.1. The minimum absolute atomic E-state index is 0.292. The van der Waals surface area contributed by atoms with Crippen LogP contribution in [0.3, 0.4) is 0 Å². The van der Waals surface area contributed by atoms with Crippen LogP contribution in [0.2, 0.25) is 0 Å². The SMILES string of the molecule is CC(=O)[C@H]1CC[C@H]2[C@@H]3CCC4C[C@](C)(O)CC[C@@H]4[C@H]3CC[C@]12C. The second-order valence-electron chi connectivity index (χ2n) is 9.96. The molecule has 23 heavy (non-hydrogen) atoms. The number of rotatable bonds is 1. The predicted octanol–water partition coefficient (Wildman–Crippen LogP) is 4.60. The average Bonchev–Trinajstić information content (AvgIpc) is 2.83. The Kier molecular flexibility index (Phi) is 3.72. The number of ketones is 1. The molecule has 0 saturated heterocycles. The van der Waals surface area contributed by atoms with E-state index in [0.29, 0.717) is 17.1 Å². The van der Waals surface area contributed by atoms with Crippen molar-refractivity contribution in [3.63, 3.8) is 0 Å². The van der Waals surface area contributed by atoms with Crippen LogP contribution in [0.4, 0.5) is 0 Å². The Hall–Kier alpha value is -0.370. The first-order valence-corrected chi connectivity index (χ1v) is 10.0.